The smallest absolute Gasteiger partial charge is 0.117 e. The molecule has 2 N–H and O–H groups in total. The van der Waals surface area contributed by atoms with Gasteiger partial charge in [-0.15, -0.1) is 0 Å². The van der Waals surface area contributed by atoms with Crippen LogP contribution < -0.4 is 5.73 Å². The van der Waals surface area contributed by atoms with Crippen LogP contribution in [0.4, 0.5) is 0 Å². The lowest BCUT2D eigenvalue weighted by Gasteiger charge is -2.40. The average Bonchev–Trinajstić information content (AvgIpc) is 3.10. The maximum atomic E-state index is 6.04. The van der Waals surface area contributed by atoms with Crippen molar-refractivity contribution in [2.75, 3.05) is 6.54 Å². The fourth-order valence-electron chi connectivity index (χ4n) is 3.15. The molecular weight excluding hydrogens is 224 g/mol. The first-order chi connectivity index (χ1) is 8.84. The van der Waals surface area contributed by atoms with Crippen LogP contribution in [0.15, 0.2) is 18.5 Å². The maximum Gasteiger partial charge on any atom is 0.117 e. The van der Waals surface area contributed by atoms with Gasteiger partial charge in [0.05, 0.1) is 11.7 Å². The zero-order chi connectivity index (χ0) is 12.2. The van der Waals surface area contributed by atoms with E-state index in [2.05, 4.69) is 15.6 Å². The molecule has 0 amide bonds. The Morgan fingerprint density at radius 1 is 1.39 bits per heavy atom. The van der Waals surface area contributed by atoms with Crippen molar-refractivity contribution in [2.24, 2.45) is 5.73 Å². The largest absolute Gasteiger partial charge is 0.329 e. The van der Waals surface area contributed by atoms with E-state index in [1.807, 2.05) is 12.4 Å². The van der Waals surface area contributed by atoms with E-state index in [0.717, 1.165) is 12.1 Å². The van der Waals surface area contributed by atoms with Gasteiger partial charge in [-0.1, -0.05) is 6.42 Å². The highest BCUT2D eigenvalue weighted by Crippen LogP contribution is 2.47. The van der Waals surface area contributed by atoms with Crippen molar-refractivity contribution in [1.82, 2.24) is 14.5 Å². The Labute approximate surface area is 106 Å². The topological polar surface area (TPSA) is 56.7 Å². The molecule has 0 aliphatic heterocycles. The maximum absolute atomic E-state index is 6.04. The molecule has 4 nitrogen and oxygen atoms in total. The molecule has 0 radical (unpaired) electrons. The number of rotatable bonds is 3. The first-order valence-electron chi connectivity index (χ1n) is 6.87. The second-order valence-electron chi connectivity index (χ2n) is 5.74. The lowest BCUT2D eigenvalue weighted by molar-refractivity contribution is 0.231. The molecule has 2 saturated carbocycles. The fourth-order valence-corrected chi connectivity index (χ4v) is 3.15. The zero-order valence-electron chi connectivity index (χ0n) is 10.5. The van der Waals surface area contributed by atoms with Crippen molar-refractivity contribution < 1.29 is 0 Å². The SMILES string of the molecule is NCC1(c2nc3cnccc3n2C2CC2)CCC1. The summed E-state index contributed by atoms with van der Waals surface area (Å²) in [5, 5.41) is 0. The number of nitrogens with two attached hydrogens (primary N) is 1. The minimum Gasteiger partial charge on any atom is -0.329 e. The molecule has 18 heavy (non-hydrogen) atoms. The summed E-state index contributed by atoms with van der Waals surface area (Å²) >= 11 is 0. The van der Waals surface area contributed by atoms with Gasteiger partial charge >= 0.3 is 0 Å². The van der Waals surface area contributed by atoms with Gasteiger partial charge in [0.15, 0.2) is 0 Å². The molecule has 4 rings (SSSR count). The number of nitrogens with zero attached hydrogens (tertiary/aromatic N) is 3. The first-order valence-corrected chi connectivity index (χ1v) is 6.87. The van der Waals surface area contributed by atoms with Crippen LogP contribution in [-0.2, 0) is 5.41 Å². The zero-order valence-corrected chi connectivity index (χ0v) is 10.5. The molecule has 0 atom stereocenters. The van der Waals surface area contributed by atoms with Gasteiger partial charge in [0.2, 0.25) is 0 Å². The third kappa shape index (κ3) is 1.29. The van der Waals surface area contributed by atoms with Crippen molar-refractivity contribution in [3.05, 3.63) is 24.3 Å². The number of aromatic nitrogens is 3. The average molecular weight is 242 g/mol. The van der Waals surface area contributed by atoms with Gasteiger partial charge in [0, 0.05) is 24.2 Å². The number of pyridine rings is 1. The standard InChI is InChI=1S/C14H18N4/c15-9-14(5-1-6-14)13-17-11-8-16-7-4-12(11)18(13)10-2-3-10/h4,7-8,10H,1-3,5-6,9,15H2. The van der Waals surface area contributed by atoms with Crippen molar-refractivity contribution in [2.45, 2.75) is 43.6 Å². The summed E-state index contributed by atoms with van der Waals surface area (Å²) in [5.74, 6) is 1.22. The van der Waals surface area contributed by atoms with Crippen LogP contribution in [0.2, 0.25) is 0 Å². The van der Waals surface area contributed by atoms with Gasteiger partial charge in [-0.05, 0) is 31.7 Å². The van der Waals surface area contributed by atoms with Crippen LogP contribution in [-0.4, -0.2) is 21.1 Å². The molecule has 2 aromatic heterocycles. The van der Waals surface area contributed by atoms with Crippen LogP contribution in [0.1, 0.15) is 44.0 Å². The van der Waals surface area contributed by atoms with Gasteiger partial charge in [0.25, 0.3) is 0 Å². The number of imidazole rings is 1. The molecule has 2 fully saturated rings. The first kappa shape index (κ1) is 10.5. The van der Waals surface area contributed by atoms with Crippen LogP contribution in [0.5, 0.6) is 0 Å². The number of hydrogen-bond donors (Lipinski definition) is 1. The third-order valence-electron chi connectivity index (χ3n) is 4.58. The molecule has 4 heteroatoms. The van der Waals surface area contributed by atoms with Gasteiger partial charge in [-0.2, -0.15) is 0 Å². The Bertz CT molecular complexity index is 587. The van der Waals surface area contributed by atoms with E-state index in [4.69, 9.17) is 10.7 Å². The highest BCUT2D eigenvalue weighted by atomic mass is 15.2. The van der Waals surface area contributed by atoms with Crippen LogP contribution in [0.25, 0.3) is 11.0 Å². The van der Waals surface area contributed by atoms with E-state index in [1.54, 1.807) is 0 Å². The van der Waals surface area contributed by atoms with Gasteiger partial charge in [-0.25, -0.2) is 4.98 Å². The molecule has 0 bridgehead atoms. The molecule has 2 aliphatic rings. The van der Waals surface area contributed by atoms with E-state index in [9.17, 15) is 0 Å². The minimum atomic E-state index is 0.140. The predicted octanol–water partition coefficient (Wildman–Crippen LogP) is 2.15. The minimum absolute atomic E-state index is 0.140. The summed E-state index contributed by atoms with van der Waals surface area (Å²) in [6.07, 6.45) is 9.95. The van der Waals surface area contributed by atoms with Crippen LogP contribution in [0, 0.1) is 0 Å². The van der Waals surface area contributed by atoms with E-state index in [0.29, 0.717) is 6.04 Å². The lowest BCUT2D eigenvalue weighted by atomic mass is 9.68. The molecular formula is C14H18N4. The molecule has 0 saturated heterocycles. The Morgan fingerprint density at radius 3 is 2.83 bits per heavy atom. The molecule has 2 aromatic rings. The summed E-state index contributed by atoms with van der Waals surface area (Å²) in [5.41, 5.74) is 8.45. The Morgan fingerprint density at radius 2 is 2.22 bits per heavy atom. The van der Waals surface area contributed by atoms with Crippen molar-refractivity contribution in [1.29, 1.82) is 0 Å². The highest BCUT2D eigenvalue weighted by molar-refractivity contribution is 5.75. The second-order valence-corrected chi connectivity index (χ2v) is 5.74. The Hall–Kier alpha value is -1.42. The summed E-state index contributed by atoms with van der Waals surface area (Å²) in [6, 6.07) is 2.74. The second kappa shape index (κ2) is 3.54. The molecule has 0 aromatic carbocycles. The van der Waals surface area contributed by atoms with E-state index in [1.165, 1.54) is 43.4 Å². The number of fused-ring (bicyclic) bond motifs is 1. The van der Waals surface area contributed by atoms with Crippen LogP contribution in [0.3, 0.4) is 0 Å². The van der Waals surface area contributed by atoms with Crippen molar-refractivity contribution in [3.63, 3.8) is 0 Å². The van der Waals surface area contributed by atoms with E-state index in [-0.39, 0.29) is 5.41 Å². The Balaban J connectivity index is 1.96. The van der Waals surface area contributed by atoms with Gasteiger partial charge in [0.1, 0.15) is 11.3 Å². The highest BCUT2D eigenvalue weighted by Gasteiger charge is 2.43. The Kier molecular flexibility index (Phi) is 2.07. The fraction of sp³-hybridized carbons (Fsp3) is 0.571. The van der Waals surface area contributed by atoms with E-state index >= 15 is 0 Å². The molecule has 0 spiro atoms. The third-order valence-corrected chi connectivity index (χ3v) is 4.58. The van der Waals surface area contributed by atoms with Gasteiger partial charge in [-0.3, -0.25) is 4.98 Å². The summed E-state index contributed by atoms with van der Waals surface area (Å²) < 4.78 is 2.45. The summed E-state index contributed by atoms with van der Waals surface area (Å²) in [6.45, 7) is 0.719. The normalized spacial score (nSPS) is 22.1. The van der Waals surface area contributed by atoms with Gasteiger partial charge < -0.3 is 10.3 Å². The van der Waals surface area contributed by atoms with Crippen molar-refractivity contribution >= 4 is 11.0 Å². The van der Waals surface area contributed by atoms with Crippen molar-refractivity contribution in [3.8, 4) is 0 Å². The van der Waals surface area contributed by atoms with Crippen LogP contribution >= 0.6 is 0 Å². The number of hydrogen-bond acceptors (Lipinski definition) is 3. The molecule has 2 heterocycles. The monoisotopic (exact) mass is 242 g/mol. The molecule has 0 unspecified atom stereocenters. The lowest BCUT2D eigenvalue weighted by Crippen LogP contribution is -2.43. The summed E-state index contributed by atoms with van der Waals surface area (Å²) in [4.78, 5) is 9.05. The van der Waals surface area contributed by atoms with E-state index < -0.39 is 0 Å². The summed E-state index contributed by atoms with van der Waals surface area (Å²) in [7, 11) is 0. The quantitative estimate of drug-likeness (QED) is 0.897. The predicted molar refractivity (Wildman–Crippen MR) is 70.4 cm³/mol. The molecule has 2 aliphatic carbocycles. The molecule has 94 valence electrons.